The van der Waals surface area contributed by atoms with Gasteiger partial charge in [-0.3, -0.25) is 4.79 Å². The number of benzene rings is 2. The molecule has 0 fully saturated rings. The number of nitrogen functional groups attached to an aromatic ring is 1. The number of rotatable bonds is 3. The van der Waals surface area contributed by atoms with E-state index in [1.54, 1.807) is 37.4 Å². The first-order chi connectivity index (χ1) is 9.10. The van der Waals surface area contributed by atoms with Crippen LogP contribution in [0.5, 0.6) is 5.75 Å². The van der Waals surface area contributed by atoms with Gasteiger partial charge in [-0.25, -0.2) is 0 Å². The highest BCUT2D eigenvalue weighted by Crippen LogP contribution is 2.21. The van der Waals surface area contributed by atoms with Gasteiger partial charge >= 0.3 is 0 Å². The second kappa shape index (κ2) is 5.44. The van der Waals surface area contributed by atoms with Crippen LogP contribution in [0.15, 0.2) is 42.5 Å². The third-order valence-corrected chi connectivity index (χ3v) is 2.79. The van der Waals surface area contributed by atoms with Crippen molar-refractivity contribution in [1.82, 2.24) is 0 Å². The maximum atomic E-state index is 12.1. The summed E-state index contributed by atoms with van der Waals surface area (Å²) in [5, 5.41) is 2.79. The van der Waals surface area contributed by atoms with Gasteiger partial charge in [0.25, 0.3) is 5.91 Å². The smallest absolute Gasteiger partial charge is 0.255 e. The van der Waals surface area contributed by atoms with Crippen molar-refractivity contribution in [3.05, 3.63) is 53.6 Å². The number of aryl methyl sites for hydroxylation is 1. The summed E-state index contributed by atoms with van der Waals surface area (Å²) in [4.78, 5) is 12.1. The number of methoxy groups -OCH3 is 1. The van der Waals surface area contributed by atoms with Gasteiger partial charge < -0.3 is 15.8 Å². The molecule has 0 saturated carbocycles. The predicted molar refractivity (Wildman–Crippen MR) is 76.5 cm³/mol. The largest absolute Gasteiger partial charge is 0.497 e. The van der Waals surface area contributed by atoms with Crippen LogP contribution < -0.4 is 15.8 Å². The van der Waals surface area contributed by atoms with Crippen molar-refractivity contribution in [1.29, 1.82) is 0 Å². The number of carbonyl (C=O) groups excluding carboxylic acids is 1. The maximum Gasteiger partial charge on any atom is 0.255 e. The average Bonchev–Trinajstić information content (AvgIpc) is 2.42. The first kappa shape index (κ1) is 13.0. The van der Waals surface area contributed by atoms with Crippen molar-refractivity contribution >= 4 is 17.3 Å². The summed E-state index contributed by atoms with van der Waals surface area (Å²) >= 11 is 0. The molecule has 0 heterocycles. The van der Waals surface area contributed by atoms with E-state index < -0.39 is 0 Å². The number of hydrogen-bond acceptors (Lipinski definition) is 3. The molecule has 0 bridgehead atoms. The Labute approximate surface area is 112 Å². The summed E-state index contributed by atoms with van der Waals surface area (Å²) in [6.07, 6.45) is 0. The molecule has 0 aliphatic heterocycles. The molecule has 0 radical (unpaired) electrons. The second-order valence-corrected chi connectivity index (χ2v) is 4.28. The van der Waals surface area contributed by atoms with Crippen LogP contribution in [0.2, 0.25) is 0 Å². The van der Waals surface area contributed by atoms with Crippen molar-refractivity contribution in [2.45, 2.75) is 6.92 Å². The summed E-state index contributed by atoms with van der Waals surface area (Å²) in [5.41, 5.74) is 8.61. The third kappa shape index (κ3) is 3.04. The van der Waals surface area contributed by atoms with Crippen LogP contribution >= 0.6 is 0 Å². The first-order valence-electron chi connectivity index (χ1n) is 5.91. The van der Waals surface area contributed by atoms with Gasteiger partial charge in [0.2, 0.25) is 0 Å². The molecule has 19 heavy (non-hydrogen) atoms. The van der Waals surface area contributed by atoms with E-state index in [-0.39, 0.29) is 5.91 Å². The lowest BCUT2D eigenvalue weighted by atomic mass is 10.1. The molecule has 4 nitrogen and oxygen atoms in total. The fraction of sp³-hybridized carbons (Fsp3) is 0.133. The highest BCUT2D eigenvalue weighted by Gasteiger charge is 2.08. The number of ether oxygens (including phenoxy) is 1. The molecule has 0 aliphatic carbocycles. The van der Waals surface area contributed by atoms with Crippen LogP contribution in [0, 0.1) is 6.92 Å². The van der Waals surface area contributed by atoms with Crippen molar-refractivity contribution in [2.24, 2.45) is 0 Å². The number of anilines is 2. The van der Waals surface area contributed by atoms with Crippen LogP contribution in [0.1, 0.15) is 15.9 Å². The molecular weight excluding hydrogens is 240 g/mol. The minimum Gasteiger partial charge on any atom is -0.497 e. The monoisotopic (exact) mass is 256 g/mol. The minimum atomic E-state index is -0.213. The molecule has 0 atom stereocenters. The van der Waals surface area contributed by atoms with E-state index in [0.29, 0.717) is 22.7 Å². The van der Waals surface area contributed by atoms with Crippen molar-refractivity contribution in [3.63, 3.8) is 0 Å². The molecule has 0 aliphatic rings. The lowest BCUT2D eigenvalue weighted by Gasteiger charge is -2.09. The Hall–Kier alpha value is -2.49. The SMILES string of the molecule is COc1cccc(C(=O)Nc2ccc(C)cc2N)c1. The van der Waals surface area contributed by atoms with Crippen LogP contribution in [-0.4, -0.2) is 13.0 Å². The van der Waals surface area contributed by atoms with Crippen molar-refractivity contribution in [3.8, 4) is 5.75 Å². The maximum absolute atomic E-state index is 12.1. The summed E-state index contributed by atoms with van der Waals surface area (Å²) in [6.45, 7) is 1.95. The second-order valence-electron chi connectivity index (χ2n) is 4.28. The number of nitrogens with two attached hydrogens (primary N) is 1. The molecule has 0 saturated heterocycles. The number of carbonyl (C=O) groups is 1. The Kier molecular flexibility index (Phi) is 3.71. The van der Waals surface area contributed by atoms with E-state index >= 15 is 0 Å². The fourth-order valence-corrected chi connectivity index (χ4v) is 1.75. The molecule has 0 spiro atoms. The lowest BCUT2D eigenvalue weighted by molar-refractivity contribution is 0.102. The lowest BCUT2D eigenvalue weighted by Crippen LogP contribution is -2.13. The Morgan fingerprint density at radius 1 is 1.21 bits per heavy atom. The van der Waals surface area contributed by atoms with E-state index in [1.165, 1.54) is 0 Å². The van der Waals surface area contributed by atoms with Gasteiger partial charge in [0.05, 0.1) is 18.5 Å². The minimum absolute atomic E-state index is 0.213. The molecule has 1 amide bonds. The molecule has 4 heteroatoms. The van der Waals surface area contributed by atoms with E-state index in [9.17, 15) is 4.79 Å². The van der Waals surface area contributed by atoms with Crippen molar-refractivity contribution in [2.75, 3.05) is 18.2 Å². The predicted octanol–water partition coefficient (Wildman–Crippen LogP) is 2.84. The van der Waals surface area contributed by atoms with Gasteiger partial charge in [0, 0.05) is 5.56 Å². The zero-order valence-corrected chi connectivity index (χ0v) is 10.9. The Balaban J connectivity index is 2.20. The summed E-state index contributed by atoms with van der Waals surface area (Å²) in [5.74, 6) is 0.430. The zero-order valence-electron chi connectivity index (χ0n) is 10.9. The van der Waals surface area contributed by atoms with Crippen LogP contribution in [0.4, 0.5) is 11.4 Å². The van der Waals surface area contributed by atoms with Gasteiger partial charge in [-0.1, -0.05) is 12.1 Å². The van der Waals surface area contributed by atoms with Gasteiger partial charge in [-0.05, 0) is 42.8 Å². The van der Waals surface area contributed by atoms with E-state index in [4.69, 9.17) is 10.5 Å². The summed E-state index contributed by atoms with van der Waals surface area (Å²) in [6, 6.07) is 12.5. The Morgan fingerprint density at radius 2 is 2.00 bits per heavy atom. The third-order valence-electron chi connectivity index (χ3n) is 2.79. The molecule has 2 rings (SSSR count). The molecule has 2 aromatic rings. The molecule has 0 unspecified atom stereocenters. The van der Waals surface area contributed by atoms with Crippen molar-refractivity contribution < 1.29 is 9.53 Å². The van der Waals surface area contributed by atoms with Crippen LogP contribution in [0.3, 0.4) is 0 Å². The number of amides is 1. The molecule has 0 aromatic heterocycles. The normalized spacial score (nSPS) is 10.0. The Bertz CT molecular complexity index is 609. The average molecular weight is 256 g/mol. The quantitative estimate of drug-likeness (QED) is 0.830. The molecule has 3 N–H and O–H groups in total. The van der Waals surface area contributed by atoms with E-state index in [2.05, 4.69) is 5.32 Å². The topological polar surface area (TPSA) is 64.3 Å². The standard InChI is InChI=1S/C15H16N2O2/c1-10-6-7-14(13(16)8-10)17-15(18)11-4-3-5-12(9-11)19-2/h3-9H,16H2,1-2H3,(H,17,18). The van der Waals surface area contributed by atoms with Gasteiger partial charge in [-0.2, -0.15) is 0 Å². The van der Waals surface area contributed by atoms with Gasteiger partial charge in [0.1, 0.15) is 5.75 Å². The van der Waals surface area contributed by atoms with Gasteiger partial charge in [-0.15, -0.1) is 0 Å². The summed E-state index contributed by atoms with van der Waals surface area (Å²) < 4.78 is 5.09. The first-order valence-corrected chi connectivity index (χ1v) is 5.91. The van der Waals surface area contributed by atoms with E-state index in [0.717, 1.165) is 5.56 Å². The highest BCUT2D eigenvalue weighted by atomic mass is 16.5. The van der Waals surface area contributed by atoms with Gasteiger partial charge in [0.15, 0.2) is 0 Å². The highest BCUT2D eigenvalue weighted by molar-refractivity contribution is 6.05. The number of hydrogen-bond donors (Lipinski definition) is 2. The zero-order chi connectivity index (χ0) is 13.8. The fourth-order valence-electron chi connectivity index (χ4n) is 1.75. The van der Waals surface area contributed by atoms with E-state index in [1.807, 2.05) is 19.1 Å². The molecule has 2 aromatic carbocycles. The molecule has 98 valence electrons. The Morgan fingerprint density at radius 3 is 2.68 bits per heavy atom. The number of nitrogens with one attached hydrogen (secondary N) is 1. The summed E-state index contributed by atoms with van der Waals surface area (Å²) in [7, 11) is 1.56. The van der Waals surface area contributed by atoms with Crippen LogP contribution in [-0.2, 0) is 0 Å². The van der Waals surface area contributed by atoms with Crippen LogP contribution in [0.25, 0.3) is 0 Å². The molecular formula is C15H16N2O2.